The first-order valence-electron chi connectivity index (χ1n) is 23.3. The Morgan fingerprint density at radius 1 is 0.370 bits per heavy atom. The van der Waals surface area contributed by atoms with E-state index < -0.39 is 6.10 Å². The van der Waals surface area contributed by atoms with Gasteiger partial charge in [-0.05, 0) is 51.4 Å². The Morgan fingerprint density at radius 3 is 1.06 bits per heavy atom. The molecule has 0 saturated carbocycles. The monoisotopic (exact) mass is 761 g/mol. The normalized spacial score (nSPS) is 12.1. The van der Waals surface area contributed by atoms with E-state index in [1.165, 1.54) is 128 Å². The van der Waals surface area contributed by atoms with Crippen molar-refractivity contribution in [3.8, 4) is 0 Å². The first kappa shape index (κ1) is 51.9. The first-order valence-corrected chi connectivity index (χ1v) is 23.3. The molecule has 0 radical (unpaired) electrons. The van der Waals surface area contributed by atoms with Crippen LogP contribution in [-0.2, 0) is 28.6 Å². The van der Waals surface area contributed by atoms with Crippen molar-refractivity contribution < 1.29 is 28.6 Å². The van der Waals surface area contributed by atoms with Crippen LogP contribution >= 0.6 is 0 Å². The summed E-state index contributed by atoms with van der Waals surface area (Å²) in [5.74, 6) is -0.882. The largest absolute Gasteiger partial charge is 0.462 e. The number of carbonyl (C=O) groups excluding carboxylic acids is 3. The van der Waals surface area contributed by atoms with Crippen LogP contribution in [0.25, 0.3) is 0 Å². The zero-order valence-electron chi connectivity index (χ0n) is 36.0. The molecule has 0 spiro atoms. The third-order valence-electron chi connectivity index (χ3n) is 10.2. The second kappa shape index (κ2) is 43.6. The molecule has 6 heteroatoms. The molecule has 0 fully saturated rings. The van der Waals surface area contributed by atoms with E-state index in [0.29, 0.717) is 19.3 Å². The molecule has 54 heavy (non-hydrogen) atoms. The lowest BCUT2D eigenvalue weighted by atomic mass is 10.0. The smallest absolute Gasteiger partial charge is 0.306 e. The maximum absolute atomic E-state index is 12.7. The SMILES string of the molecule is CCCCC/C=C\C/C=C\CCCCCCCC(=O)OCC(COC(=O)CCCCCCCCCCC)OC(=O)CCCCCCCCCCCCCC. The highest BCUT2D eigenvalue weighted by Gasteiger charge is 2.19. The number of esters is 3. The van der Waals surface area contributed by atoms with Crippen molar-refractivity contribution in [3.05, 3.63) is 24.3 Å². The fraction of sp³-hybridized carbons (Fsp3) is 0.854. The van der Waals surface area contributed by atoms with Crippen LogP contribution in [-0.4, -0.2) is 37.2 Å². The number of unbranched alkanes of at least 4 members (excludes halogenated alkanes) is 27. The van der Waals surface area contributed by atoms with Gasteiger partial charge in [-0.3, -0.25) is 14.4 Å². The predicted molar refractivity (Wildman–Crippen MR) is 229 cm³/mol. The Balaban J connectivity index is 4.34. The van der Waals surface area contributed by atoms with Gasteiger partial charge < -0.3 is 14.2 Å². The summed E-state index contributed by atoms with van der Waals surface area (Å²) in [6.45, 7) is 6.58. The molecule has 0 aromatic carbocycles. The number of allylic oxidation sites excluding steroid dienone is 4. The third-order valence-corrected chi connectivity index (χ3v) is 10.2. The molecule has 1 atom stereocenters. The summed E-state index contributed by atoms with van der Waals surface area (Å²) in [4.78, 5) is 37.7. The summed E-state index contributed by atoms with van der Waals surface area (Å²) < 4.78 is 16.7. The summed E-state index contributed by atoms with van der Waals surface area (Å²) in [5.41, 5.74) is 0. The summed E-state index contributed by atoms with van der Waals surface area (Å²) in [6.07, 6.45) is 47.3. The molecule has 1 unspecified atom stereocenters. The summed E-state index contributed by atoms with van der Waals surface area (Å²) in [5, 5.41) is 0. The van der Waals surface area contributed by atoms with Gasteiger partial charge in [-0.2, -0.15) is 0 Å². The van der Waals surface area contributed by atoms with Crippen LogP contribution in [0.1, 0.15) is 245 Å². The van der Waals surface area contributed by atoms with Gasteiger partial charge in [0.05, 0.1) is 0 Å². The molecule has 0 N–H and O–H groups in total. The van der Waals surface area contributed by atoms with Crippen LogP contribution in [0.5, 0.6) is 0 Å². The van der Waals surface area contributed by atoms with E-state index in [1.807, 2.05) is 0 Å². The van der Waals surface area contributed by atoms with Gasteiger partial charge in [0, 0.05) is 19.3 Å². The van der Waals surface area contributed by atoms with E-state index in [-0.39, 0.29) is 31.1 Å². The fourth-order valence-corrected chi connectivity index (χ4v) is 6.65. The van der Waals surface area contributed by atoms with Gasteiger partial charge in [-0.15, -0.1) is 0 Å². The van der Waals surface area contributed by atoms with Gasteiger partial charge in [0.25, 0.3) is 0 Å². The Hall–Kier alpha value is -2.11. The molecule has 0 bridgehead atoms. The minimum absolute atomic E-state index is 0.0720. The molecule has 316 valence electrons. The summed E-state index contributed by atoms with van der Waals surface area (Å²) >= 11 is 0. The molecular formula is C48H88O6. The maximum atomic E-state index is 12.7. The second-order valence-electron chi connectivity index (χ2n) is 15.7. The molecule has 0 aliphatic carbocycles. The van der Waals surface area contributed by atoms with Crippen LogP contribution in [0.4, 0.5) is 0 Å². The topological polar surface area (TPSA) is 78.9 Å². The molecule has 6 nitrogen and oxygen atoms in total. The van der Waals surface area contributed by atoms with Crippen LogP contribution in [0.2, 0.25) is 0 Å². The number of ether oxygens (including phenoxy) is 3. The lowest BCUT2D eigenvalue weighted by molar-refractivity contribution is -0.167. The van der Waals surface area contributed by atoms with Crippen molar-refractivity contribution >= 4 is 17.9 Å². The Labute approximate surface area is 334 Å². The summed E-state index contributed by atoms with van der Waals surface area (Å²) in [6, 6.07) is 0. The molecule has 0 heterocycles. The van der Waals surface area contributed by atoms with Crippen molar-refractivity contribution in [1.82, 2.24) is 0 Å². The van der Waals surface area contributed by atoms with Gasteiger partial charge in [-0.1, -0.05) is 199 Å². The highest BCUT2D eigenvalue weighted by molar-refractivity contribution is 5.71. The van der Waals surface area contributed by atoms with E-state index in [9.17, 15) is 14.4 Å². The number of hydrogen-bond acceptors (Lipinski definition) is 6. The van der Waals surface area contributed by atoms with Gasteiger partial charge >= 0.3 is 17.9 Å². The molecule has 0 aromatic heterocycles. The predicted octanol–water partition coefficient (Wildman–Crippen LogP) is 14.8. The Bertz CT molecular complexity index is 880. The van der Waals surface area contributed by atoms with Crippen molar-refractivity contribution in [1.29, 1.82) is 0 Å². The van der Waals surface area contributed by atoms with Crippen molar-refractivity contribution in [2.75, 3.05) is 13.2 Å². The average Bonchev–Trinajstić information content (AvgIpc) is 3.17. The lowest BCUT2D eigenvalue weighted by Gasteiger charge is -2.18. The van der Waals surface area contributed by atoms with Crippen molar-refractivity contribution in [3.63, 3.8) is 0 Å². The molecular weight excluding hydrogens is 673 g/mol. The van der Waals surface area contributed by atoms with Crippen molar-refractivity contribution in [2.24, 2.45) is 0 Å². The van der Waals surface area contributed by atoms with E-state index >= 15 is 0 Å². The van der Waals surface area contributed by atoms with Crippen LogP contribution in [0.3, 0.4) is 0 Å². The Kier molecular flexibility index (Phi) is 41.9. The molecule has 0 amide bonds. The molecule has 0 aromatic rings. The molecule has 0 aliphatic heterocycles. The minimum Gasteiger partial charge on any atom is -0.462 e. The number of rotatable bonds is 42. The van der Waals surface area contributed by atoms with Gasteiger partial charge in [0.15, 0.2) is 6.10 Å². The number of carbonyl (C=O) groups is 3. The van der Waals surface area contributed by atoms with E-state index in [2.05, 4.69) is 45.1 Å². The molecule has 0 aliphatic rings. The fourth-order valence-electron chi connectivity index (χ4n) is 6.65. The first-order chi connectivity index (χ1) is 26.5. The van der Waals surface area contributed by atoms with Crippen molar-refractivity contribution in [2.45, 2.75) is 252 Å². The average molecular weight is 761 g/mol. The Morgan fingerprint density at radius 2 is 0.667 bits per heavy atom. The second-order valence-corrected chi connectivity index (χ2v) is 15.7. The highest BCUT2D eigenvalue weighted by Crippen LogP contribution is 2.15. The molecule has 0 rings (SSSR count). The number of hydrogen-bond donors (Lipinski definition) is 0. The zero-order chi connectivity index (χ0) is 39.4. The molecule has 0 saturated heterocycles. The van der Waals surface area contributed by atoms with Gasteiger partial charge in [0.2, 0.25) is 0 Å². The van der Waals surface area contributed by atoms with E-state index in [1.54, 1.807) is 0 Å². The van der Waals surface area contributed by atoms with E-state index in [0.717, 1.165) is 77.0 Å². The van der Waals surface area contributed by atoms with Crippen LogP contribution < -0.4 is 0 Å². The van der Waals surface area contributed by atoms with Gasteiger partial charge in [-0.25, -0.2) is 0 Å². The van der Waals surface area contributed by atoms with Gasteiger partial charge in [0.1, 0.15) is 13.2 Å². The third kappa shape index (κ3) is 41.1. The maximum Gasteiger partial charge on any atom is 0.306 e. The van der Waals surface area contributed by atoms with Crippen LogP contribution in [0, 0.1) is 0 Å². The zero-order valence-corrected chi connectivity index (χ0v) is 36.0. The quantitative estimate of drug-likeness (QED) is 0.0267. The summed E-state index contributed by atoms with van der Waals surface area (Å²) in [7, 11) is 0. The standard InChI is InChI=1S/C48H88O6/c1-4-7-10-13-16-19-21-23-24-25-27-29-32-35-38-41-47(50)53-44-45(43-52-46(49)40-37-34-31-28-18-15-12-9-6-3)54-48(51)42-39-36-33-30-26-22-20-17-14-11-8-5-2/h16,19,23-24,45H,4-15,17-18,20-22,25-44H2,1-3H3/b19-16-,24-23-. The van der Waals surface area contributed by atoms with Crippen LogP contribution in [0.15, 0.2) is 24.3 Å². The minimum atomic E-state index is -0.768. The highest BCUT2D eigenvalue weighted by atomic mass is 16.6. The lowest BCUT2D eigenvalue weighted by Crippen LogP contribution is -2.30. The van der Waals surface area contributed by atoms with E-state index in [4.69, 9.17) is 14.2 Å².